The lowest BCUT2D eigenvalue weighted by Gasteiger charge is -2.36. The molecule has 1 rings (SSSR count). The van der Waals surface area contributed by atoms with Gasteiger partial charge in [-0.1, -0.05) is 15.9 Å². The Balaban J connectivity index is 2.57. The molecule has 1 heterocycles. The van der Waals surface area contributed by atoms with Crippen LogP contribution in [0.15, 0.2) is 0 Å². The summed E-state index contributed by atoms with van der Waals surface area (Å²) in [6.07, 6.45) is 4.01. The van der Waals surface area contributed by atoms with Gasteiger partial charge in [-0.15, -0.1) is 0 Å². The van der Waals surface area contributed by atoms with E-state index in [0.29, 0.717) is 6.42 Å². The van der Waals surface area contributed by atoms with Crippen LogP contribution in [0.1, 0.15) is 32.6 Å². The van der Waals surface area contributed by atoms with Gasteiger partial charge in [0.15, 0.2) is 0 Å². The fourth-order valence-electron chi connectivity index (χ4n) is 1.97. The number of carbonyl (C=O) groups is 1. The monoisotopic (exact) mass is 263 g/mol. The van der Waals surface area contributed by atoms with Crippen LogP contribution < -0.4 is 0 Å². The highest BCUT2D eigenvalue weighted by molar-refractivity contribution is 9.10. The number of aliphatic hydroxyl groups excluding tert-OH is 1. The lowest BCUT2D eigenvalue weighted by molar-refractivity contribution is -0.134. The molecule has 1 N–H and O–H groups in total. The zero-order chi connectivity index (χ0) is 10.6. The van der Waals surface area contributed by atoms with Gasteiger partial charge in [0, 0.05) is 19.2 Å². The second kappa shape index (κ2) is 5.71. The van der Waals surface area contributed by atoms with Crippen molar-refractivity contribution in [1.82, 2.24) is 4.90 Å². The number of hydrogen-bond donors (Lipinski definition) is 1. The first kappa shape index (κ1) is 12.0. The van der Waals surface area contributed by atoms with Crippen molar-refractivity contribution in [3.05, 3.63) is 0 Å². The normalized spacial score (nSPS) is 24.8. The summed E-state index contributed by atoms with van der Waals surface area (Å²) in [6.45, 7) is 2.87. The SMILES string of the molecule is CC(Br)C(=O)N1CCCCC1CCO. The molecule has 1 amide bonds. The topological polar surface area (TPSA) is 40.5 Å². The van der Waals surface area contributed by atoms with Crippen LogP contribution in [0.2, 0.25) is 0 Å². The number of carbonyl (C=O) groups excluding carboxylic acids is 1. The van der Waals surface area contributed by atoms with Crippen molar-refractivity contribution in [2.24, 2.45) is 0 Å². The summed E-state index contributed by atoms with van der Waals surface area (Å²) >= 11 is 3.30. The number of rotatable bonds is 3. The number of hydrogen-bond acceptors (Lipinski definition) is 2. The fraction of sp³-hybridized carbons (Fsp3) is 0.900. The Bertz CT molecular complexity index is 195. The van der Waals surface area contributed by atoms with Gasteiger partial charge in [-0.25, -0.2) is 0 Å². The summed E-state index contributed by atoms with van der Waals surface area (Å²) in [5.74, 6) is 0.156. The third-order valence-electron chi connectivity index (χ3n) is 2.71. The molecular formula is C10H18BrNO2. The Morgan fingerprint density at radius 3 is 2.93 bits per heavy atom. The Morgan fingerprint density at radius 1 is 1.64 bits per heavy atom. The van der Waals surface area contributed by atoms with E-state index in [1.165, 1.54) is 6.42 Å². The van der Waals surface area contributed by atoms with Crippen molar-refractivity contribution in [2.45, 2.75) is 43.5 Å². The van der Waals surface area contributed by atoms with E-state index in [1.807, 2.05) is 11.8 Å². The highest BCUT2D eigenvalue weighted by atomic mass is 79.9. The third kappa shape index (κ3) is 2.95. The van der Waals surface area contributed by atoms with Gasteiger partial charge >= 0.3 is 0 Å². The fourth-order valence-corrected chi connectivity index (χ4v) is 2.23. The van der Waals surface area contributed by atoms with Gasteiger partial charge in [-0.3, -0.25) is 4.79 Å². The molecule has 0 spiro atoms. The van der Waals surface area contributed by atoms with E-state index in [2.05, 4.69) is 15.9 Å². The van der Waals surface area contributed by atoms with Crippen molar-refractivity contribution in [3.63, 3.8) is 0 Å². The number of halogens is 1. The van der Waals surface area contributed by atoms with Crippen molar-refractivity contribution >= 4 is 21.8 Å². The molecule has 3 nitrogen and oxygen atoms in total. The predicted molar refractivity (Wildman–Crippen MR) is 59.4 cm³/mol. The zero-order valence-electron chi connectivity index (χ0n) is 8.58. The second-order valence-electron chi connectivity index (χ2n) is 3.81. The average Bonchev–Trinajstić information content (AvgIpc) is 2.18. The smallest absolute Gasteiger partial charge is 0.236 e. The van der Waals surface area contributed by atoms with Gasteiger partial charge in [-0.2, -0.15) is 0 Å². The number of piperidine rings is 1. The van der Waals surface area contributed by atoms with Crippen molar-refractivity contribution in [3.8, 4) is 0 Å². The number of likely N-dealkylation sites (tertiary alicyclic amines) is 1. The van der Waals surface area contributed by atoms with Crippen LogP contribution in [0.4, 0.5) is 0 Å². The molecule has 1 fully saturated rings. The van der Waals surface area contributed by atoms with E-state index < -0.39 is 0 Å². The van der Waals surface area contributed by atoms with Crippen molar-refractivity contribution in [1.29, 1.82) is 0 Å². The van der Waals surface area contributed by atoms with E-state index in [4.69, 9.17) is 5.11 Å². The highest BCUT2D eigenvalue weighted by Gasteiger charge is 2.27. The van der Waals surface area contributed by atoms with Crippen LogP contribution in [-0.2, 0) is 4.79 Å². The molecule has 0 aromatic rings. The lowest BCUT2D eigenvalue weighted by atomic mass is 9.99. The molecule has 0 bridgehead atoms. The van der Waals surface area contributed by atoms with Crippen LogP contribution in [0.5, 0.6) is 0 Å². The van der Waals surface area contributed by atoms with E-state index in [9.17, 15) is 4.79 Å². The average molecular weight is 264 g/mol. The molecule has 2 atom stereocenters. The summed E-state index contributed by atoms with van der Waals surface area (Å²) in [5, 5.41) is 8.91. The second-order valence-corrected chi connectivity index (χ2v) is 5.18. The predicted octanol–water partition coefficient (Wildman–Crippen LogP) is 1.53. The number of amides is 1. The summed E-state index contributed by atoms with van der Waals surface area (Å²) < 4.78 is 0. The molecule has 14 heavy (non-hydrogen) atoms. The van der Waals surface area contributed by atoms with Crippen molar-refractivity contribution in [2.75, 3.05) is 13.2 Å². The Labute approximate surface area is 93.6 Å². The van der Waals surface area contributed by atoms with E-state index in [-0.39, 0.29) is 23.4 Å². The Hall–Kier alpha value is -0.0900. The first-order chi connectivity index (χ1) is 6.66. The number of nitrogens with zero attached hydrogens (tertiary/aromatic N) is 1. The minimum absolute atomic E-state index is 0.109. The number of alkyl halides is 1. The van der Waals surface area contributed by atoms with Gasteiger partial charge in [0.2, 0.25) is 5.91 Å². The maximum Gasteiger partial charge on any atom is 0.236 e. The molecule has 0 aliphatic carbocycles. The lowest BCUT2D eigenvalue weighted by Crippen LogP contribution is -2.46. The molecule has 1 aliphatic rings. The standard InChI is InChI=1S/C10H18BrNO2/c1-8(11)10(14)12-6-3-2-4-9(12)5-7-13/h8-9,13H,2-7H2,1H3. The quantitative estimate of drug-likeness (QED) is 0.785. The van der Waals surface area contributed by atoms with Crippen LogP contribution in [0.3, 0.4) is 0 Å². The van der Waals surface area contributed by atoms with E-state index in [1.54, 1.807) is 0 Å². The molecule has 1 aliphatic heterocycles. The molecule has 0 saturated carbocycles. The Morgan fingerprint density at radius 2 is 2.36 bits per heavy atom. The van der Waals surface area contributed by atoms with Gasteiger partial charge in [0.1, 0.15) is 0 Å². The molecule has 0 aromatic carbocycles. The summed E-state index contributed by atoms with van der Waals surface area (Å²) in [5.41, 5.74) is 0. The van der Waals surface area contributed by atoms with Crippen molar-refractivity contribution < 1.29 is 9.90 Å². The van der Waals surface area contributed by atoms with Gasteiger partial charge in [-0.05, 0) is 32.6 Å². The van der Waals surface area contributed by atoms with Gasteiger partial charge < -0.3 is 10.0 Å². The molecule has 2 unspecified atom stereocenters. The van der Waals surface area contributed by atoms with Crippen LogP contribution >= 0.6 is 15.9 Å². The molecule has 82 valence electrons. The summed E-state index contributed by atoms with van der Waals surface area (Å²) in [4.78, 5) is 13.6. The molecule has 0 radical (unpaired) electrons. The largest absolute Gasteiger partial charge is 0.396 e. The minimum atomic E-state index is -0.109. The maximum absolute atomic E-state index is 11.8. The Kier molecular flexibility index (Phi) is 4.89. The molecule has 4 heteroatoms. The summed E-state index contributed by atoms with van der Waals surface area (Å²) in [6, 6.07) is 0.251. The van der Waals surface area contributed by atoms with Crippen LogP contribution in [-0.4, -0.2) is 39.9 Å². The zero-order valence-corrected chi connectivity index (χ0v) is 10.2. The third-order valence-corrected chi connectivity index (χ3v) is 3.10. The van der Waals surface area contributed by atoms with Crippen LogP contribution in [0, 0.1) is 0 Å². The first-order valence-electron chi connectivity index (χ1n) is 5.22. The highest BCUT2D eigenvalue weighted by Crippen LogP contribution is 2.21. The molecule has 1 saturated heterocycles. The number of aliphatic hydroxyl groups is 1. The minimum Gasteiger partial charge on any atom is -0.396 e. The van der Waals surface area contributed by atoms with E-state index in [0.717, 1.165) is 19.4 Å². The van der Waals surface area contributed by atoms with Crippen LogP contribution in [0.25, 0.3) is 0 Å². The van der Waals surface area contributed by atoms with Gasteiger partial charge in [0.05, 0.1) is 4.83 Å². The van der Waals surface area contributed by atoms with E-state index >= 15 is 0 Å². The van der Waals surface area contributed by atoms with Gasteiger partial charge in [0.25, 0.3) is 0 Å². The maximum atomic E-state index is 11.8. The molecular weight excluding hydrogens is 246 g/mol. The first-order valence-corrected chi connectivity index (χ1v) is 6.13. The molecule has 0 aromatic heterocycles. The summed E-state index contributed by atoms with van der Waals surface area (Å²) in [7, 11) is 0.